The van der Waals surface area contributed by atoms with E-state index in [-0.39, 0.29) is 5.69 Å². The maximum Gasteiger partial charge on any atom is 0.158 e. The second-order valence-electron chi connectivity index (χ2n) is 6.99. The predicted molar refractivity (Wildman–Crippen MR) is 108 cm³/mol. The van der Waals surface area contributed by atoms with Crippen molar-refractivity contribution in [2.45, 2.75) is 12.8 Å². The van der Waals surface area contributed by atoms with Crippen molar-refractivity contribution in [3.63, 3.8) is 0 Å². The Morgan fingerprint density at radius 2 is 2.03 bits per heavy atom. The molecule has 0 amide bonds. The van der Waals surface area contributed by atoms with Gasteiger partial charge in [0.1, 0.15) is 17.6 Å². The Kier molecular flexibility index (Phi) is 5.58. The van der Waals surface area contributed by atoms with E-state index >= 15 is 0 Å². The first-order chi connectivity index (χ1) is 14.2. The van der Waals surface area contributed by atoms with E-state index in [0.717, 1.165) is 49.4 Å². The molecular formula is C19H22N10. The highest BCUT2D eigenvalue weighted by Crippen LogP contribution is 2.28. The van der Waals surface area contributed by atoms with Crippen molar-refractivity contribution in [3.05, 3.63) is 36.5 Å². The summed E-state index contributed by atoms with van der Waals surface area (Å²) >= 11 is 0. The smallest absolute Gasteiger partial charge is 0.158 e. The van der Waals surface area contributed by atoms with Gasteiger partial charge < -0.3 is 16.0 Å². The third-order valence-electron chi connectivity index (χ3n) is 4.83. The fraction of sp³-hybridized carbons (Fsp3) is 0.368. The van der Waals surface area contributed by atoms with E-state index in [1.807, 2.05) is 25.4 Å². The molecule has 0 aromatic carbocycles. The van der Waals surface area contributed by atoms with Crippen LogP contribution in [0.2, 0.25) is 0 Å². The second-order valence-corrected chi connectivity index (χ2v) is 6.99. The van der Waals surface area contributed by atoms with E-state index in [9.17, 15) is 0 Å². The quantitative estimate of drug-likeness (QED) is 0.575. The van der Waals surface area contributed by atoms with Gasteiger partial charge in [0.2, 0.25) is 0 Å². The van der Waals surface area contributed by atoms with E-state index < -0.39 is 0 Å². The average Bonchev–Trinajstić information content (AvgIpc) is 3.20. The van der Waals surface area contributed by atoms with E-state index in [1.54, 1.807) is 10.9 Å². The summed E-state index contributed by atoms with van der Waals surface area (Å²) in [6, 6.07) is 3.86. The normalized spacial score (nSPS) is 14.3. The molecule has 4 heterocycles. The Balaban J connectivity index is 1.57. The Labute approximate surface area is 168 Å². The number of nitrogens with zero attached hydrogens (tertiary/aromatic N) is 7. The Hall–Kier alpha value is -3.58. The lowest BCUT2D eigenvalue weighted by Crippen LogP contribution is -2.31. The fourth-order valence-corrected chi connectivity index (χ4v) is 3.27. The molecule has 0 atom stereocenters. The highest BCUT2D eigenvalue weighted by atomic mass is 15.2. The van der Waals surface area contributed by atoms with Gasteiger partial charge in [0.25, 0.3) is 0 Å². The highest BCUT2D eigenvalue weighted by molar-refractivity contribution is 5.75. The van der Waals surface area contributed by atoms with Gasteiger partial charge in [-0.3, -0.25) is 4.68 Å². The van der Waals surface area contributed by atoms with Crippen LogP contribution in [0.4, 0.5) is 17.3 Å². The zero-order valence-corrected chi connectivity index (χ0v) is 16.1. The highest BCUT2D eigenvalue weighted by Gasteiger charge is 2.16. The predicted octanol–water partition coefficient (Wildman–Crippen LogP) is 1.69. The lowest BCUT2D eigenvalue weighted by atomic mass is 9.98. The monoisotopic (exact) mass is 390 g/mol. The largest absolute Gasteiger partial charge is 0.383 e. The van der Waals surface area contributed by atoms with E-state index in [2.05, 4.69) is 41.2 Å². The number of nitriles is 1. The van der Waals surface area contributed by atoms with Crippen LogP contribution in [-0.4, -0.2) is 49.6 Å². The van der Waals surface area contributed by atoms with Crippen LogP contribution in [0.5, 0.6) is 0 Å². The van der Waals surface area contributed by atoms with Crippen molar-refractivity contribution in [1.29, 1.82) is 5.26 Å². The average molecular weight is 390 g/mol. The first-order valence-electron chi connectivity index (χ1n) is 9.52. The molecule has 0 unspecified atom stereocenters. The van der Waals surface area contributed by atoms with Crippen molar-refractivity contribution in [2.75, 3.05) is 30.3 Å². The molecule has 1 saturated heterocycles. The molecule has 3 aromatic rings. The molecule has 10 nitrogen and oxygen atoms in total. The number of aromatic nitrogens is 6. The molecule has 1 aliphatic heterocycles. The molecule has 0 saturated carbocycles. The second kappa shape index (κ2) is 8.62. The standard InChI is InChI=1S/C19H22N10/c1-29-12-14(9-25-29)19-16(23-8-13-2-4-21-5-3-13)6-17(27-28-19)26-18-11-22-15(7-20)10-24-18/h6,9-13,21H,2-5,8H2,1H3,(H2,23,24,26,27). The number of rotatable bonds is 6. The third kappa shape index (κ3) is 4.64. The molecule has 148 valence electrons. The maximum atomic E-state index is 8.85. The number of piperidine rings is 1. The minimum atomic E-state index is 0.262. The molecule has 3 aromatic heterocycles. The van der Waals surface area contributed by atoms with Gasteiger partial charge in [-0.25, -0.2) is 9.97 Å². The Morgan fingerprint density at radius 3 is 2.72 bits per heavy atom. The SMILES string of the molecule is Cn1cc(-c2nnc(Nc3cnc(C#N)cn3)cc2NCC2CCNCC2)cn1. The van der Waals surface area contributed by atoms with Crippen LogP contribution in [0.25, 0.3) is 11.3 Å². The van der Waals surface area contributed by atoms with Crippen LogP contribution in [0, 0.1) is 17.2 Å². The number of nitrogens with one attached hydrogen (secondary N) is 3. The van der Waals surface area contributed by atoms with Crippen molar-refractivity contribution < 1.29 is 0 Å². The van der Waals surface area contributed by atoms with Crippen LogP contribution in [0.15, 0.2) is 30.9 Å². The van der Waals surface area contributed by atoms with Gasteiger partial charge in [-0.15, -0.1) is 10.2 Å². The summed E-state index contributed by atoms with van der Waals surface area (Å²) in [5, 5.41) is 31.8. The molecule has 0 radical (unpaired) electrons. The van der Waals surface area contributed by atoms with E-state index in [0.29, 0.717) is 17.6 Å². The number of aryl methyl sites for hydroxylation is 1. The summed E-state index contributed by atoms with van der Waals surface area (Å²) in [5.41, 5.74) is 2.80. The summed E-state index contributed by atoms with van der Waals surface area (Å²) in [7, 11) is 1.87. The number of anilines is 3. The molecule has 10 heteroatoms. The van der Waals surface area contributed by atoms with Crippen LogP contribution < -0.4 is 16.0 Å². The molecule has 29 heavy (non-hydrogen) atoms. The van der Waals surface area contributed by atoms with Gasteiger partial charge in [-0.05, 0) is 31.8 Å². The van der Waals surface area contributed by atoms with Crippen molar-refractivity contribution in [3.8, 4) is 17.3 Å². The molecule has 0 spiro atoms. The minimum absolute atomic E-state index is 0.262. The summed E-state index contributed by atoms with van der Waals surface area (Å²) in [6.07, 6.45) is 8.91. The van der Waals surface area contributed by atoms with E-state index in [1.165, 1.54) is 12.4 Å². The van der Waals surface area contributed by atoms with Gasteiger partial charge in [0, 0.05) is 31.4 Å². The molecule has 1 aliphatic rings. The lowest BCUT2D eigenvalue weighted by molar-refractivity contribution is 0.390. The maximum absolute atomic E-state index is 8.85. The molecule has 0 bridgehead atoms. The summed E-state index contributed by atoms with van der Waals surface area (Å²) in [4.78, 5) is 8.19. The van der Waals surface area contributed by atoms with Crippen molar-refractivity contribution in [2.24, 2.45) is 13.0 Å². The molecule has 4 rings (SSSR count). The topological polar surface area (TPSA) is 129 Å². The molecular weight excluding hydrogens is 368 g/mol. The first kappa shape index (κ1) is 18.8. The van der Waals surface area contributed by atoms with Gasteiger partial charge >= 0.3 is 0 Å². The van der Waals surface area contributed by atoms with Gasteiger partial charge in [-0.2, -0.15) is 10.4 Å². The van der Waals surface area contributed by atoms with Crippen LogP contribution in [0.1, 0.15) is 18.5 Å². The van der Waals surface area contributed by atoms with Crippen LogP contribution >= 0.6 is 0 Å². The van der Waals surface area contributed by atoms with Crippen molar-refractivity contribution >= 4 is 17.3 Å². The molecule has 1 fully saturated rings. The zero-order valence-electron chi connectivity index (χ0n) is 16.1. The van der Waals surface area contributed by atoms with Crippen LogP contribution in [-0.2, 0) is 7.05 Å². The summed E-state index contributed by atoms with van der Waals surface area (Å²) in [6.45, 7) is 2.98. The molecule has 3 N–H and O–H groups in total. The first-order valence-corrected chi connectivity index (χ1v) is 9.52. The zero-order chi connectivity index (χ0) is 20.1. The summed E-state index contributed by atoms with van der Waals surface area (Å²) < 4.78 is 1.74. The Morgan fingerprint density at radius 1 is 1.17 bits per heavy atom. The minimum Gasteiger partial charge on any atom is -0.383 e. The Bertz CT molecular complexity index is 999. The van der Waals surface area contributed by atoms with Crippen molar-refractivity contribution in [1.82, 2.24) is 35.3 Å². The van der Waals surface area contributed by atoms with E-state index in [4.69, 9.17) is 5.26 Å². The number of hydrogen-bond acceptors (Lipinski definition) is 9. The lowest BCUT2D eigenvalue weighted by Gasteiger charge is -2.23. The van der Waals surface area contributed by atoms with Crippen LogP contribution in [0.3, 0.4) is 0 Å². The summed E-state index contributed by atoms with van der Waals surface area (Å²) in [5.74, 6) is 1.66. The molecule has 0 aliphatic carbocycles. The fourth-order valence-electron chi connectivity index (χ4n) is 3.27. The van der Waals surface area contributed by atoms with Gasteiger partial charge in [-0.1, -0.05) is 0 Å². The number of hydrogen-bond donors (Lipinski definition) is 3. The van der Waals surface area contributed by atoms with Gasteiger partial charge in [0.05, 0.1) is 24.3 Å². The van der Waals surface area contributed by atoms with Gasteiger partial charge in [0.15, 0.2) is 11.5 Å². The third-order valence-corrected chi connectivity index (χ3v) is 4.83.